The molecule has 0 aromatic carbocycles. The second kappa shape index (κ2) is 3.43. The van der Waals surface area contributed by atoms with Crippen LogP contribution in [0.4, 0.5) is 0 Å². The molecule has 1 heterocycles. The molecule has 1 saturated heterocycles. The predicted octanol–water partition coefficient (Wildman–Crippen LogP) is 0.877. The molecular formula is C9H13NO. The Morgan fingerprint density at radius 2 is 2.36 bits per heavy atom. The summed E-state index contributed by atoms with van der Waals surface area (Å²) in [6.45, 7) is 4.71. The van der Waals surface area contributed by atoms with E-state index in [0.29, 0.717) is 12.0 Å². The van der Waals surface area contributed by atoms with E-state index in [4.69, 9.17) is 0 Å². The molecule has 1 aliphatic rings. The van der Waals surface area contributed by atoms with Crippen molar-refractivity contribution in [1.82, 2.24) is 4.90 Å². The summed E-state index contributed by atoms with van der Waals surface area (Å²) in [6.07, 6.45) is 1.95. The molecule has 2 atom stereocenters. The van der Waals surface area contributed by atoms with Gasteiger partial charge in [-0.2, -0.15) is 0 Å². The summed E-state index contributed by atoms with van der Waals surface area (Å²) >= 11 is 0. The Morgan fingerprint density at radius 3 is 2.82 bits per heavy atom. The predicted molar refractivity (Wildman–Crippen MR) is 43.8 cm³/mol. The van der Waals surface area contributed by atoms with E-state index in [-0.39, 0.29) is 0 Å². The zero-order valence-corrected chi connectivity index (χ0v) is 7.00. The second-order valence-electron chi connectivity index (χ2n) is 2.98. The van der Waals surface area contributed by atoms with Crippen LogP contribution in [0.1, 0.15) is 20.3 Å². The highest BCUT2D eigenvalue weighted by atomic mass is 16.1. The lowest BCUT2D eigenvalue weighted by Gasteiger charge is -2.13. The van der Waals surface area contributed by atoms with Crippen molar-refractivity contribution in [3.8, 4) is 11.8 Å². The quantitative estimate of drug-likeness (QED) is 0.402. The van der Waals surface area contributed by atoms with Crippen molar-refractivity contribution < 1.29 is 4.79 Å². The molecule has 0 aromatic heterocycles. The van der Waals surface area contributed by atoms with Crippen LogP contribution in [0, 0.1) is 17.8 Å². The second-order valence-corrected chi connectivity index (χ2v) is 2.98. The van der Waals surface area contributed by atoms with Crippen molar-refractivity contribution in [1.29, 1.82) is 0 Å². The highest BCUT2D eigenvalue weighted by Gasteiger charge is 2.25. The molecule has 0 radical (unpaired) electrons. The van der Waals surface area contributed by atoms with E-state index in [1.165, 1.54) is 0 Å². The van der Waals surface area contributed by atoms with Crippen LogP contribution in [0.25, 0.3) is 0 Å². The number of hydrogen-bond donors (Lipinski definition) is 0. The maximum atomic E-state index is 10.4. The number of carbonyl (C=O) groups is 1. The van der Waals surface area contributed by atoms with Gasteiger partial charge in [-0.25, -0.2) is 0 Å². The molecule has 0 bridgehead atoms. The first-order chi connectivity index (χ1) is 5.27. The summed E-state index contributed by atoms with van der Waals surface area (Å²) in [5.41, 5.74) is 0. The van der Waals surface area contributed by atoms with Crippen LogP contribution in [0.5, 0.6) is 0 Å². The Bertz CT molecular complexity index is 201. The largest absolute Gasteiger partial charge is 0.341 e. The van der Waals surface area contributed by atoms with Crippen LogP contribution in [-0.4, -0.2) is 23.9 Å². The van der Waals surface area contributed by atoms with E-state index in [1.807, 2.05) is 11.8 Å². The number of hydrogen-bond acceptors (Lipinski definition) is 1. The zero-order chi connectivity index (χ0) is 8.27. The fourth-order valence-electron chi connectivity index (χ4n) is 1.51. The molecule has 2 heteroatoms. The third kappa shape index (κ3) is 1.74. The summed E-state index contributed by atoms with van der Waals surface area (Å²) < 4.78 is 0. The van der Waals surface area contributed by atoms with E-state index in [0.717, 1.165) is 19.4 Å². The van der Waals surface area contributed by atoms with Gasteiger partial charge in [0.15, 0.2) is 0 Å². The van der Waals surface area contributed by atoms with E-state index in [1.54, 1.807) is 0 Å². The van der Waals surface area contributed by atoms with Gasteiger partial charge in [0.25, 0.3) is 0 Å². The fourth-order valence-corrected chi connectivity index (χ4v) is 1.51. The van der Waals surface area contributed by atoms with Crippen LogP contribution in [0.15, 0.2) is 0 Å². The molecule has 60 valence electrons. The van der Waals surface area contributed by atoms with Crippen molar-refractivity contribution >= 4 is 6.41 Å². The van der Waals surface area contributed by atoms with E-state index in [9.17, 15) is 4.79 Å². The molecule has 2 unspecified atom stereocenters. The minimum Gasteiger partial charge on any atom is -0.341 e. The molecule has 1 amide bonds. The molecule has 0 aliphatic carbocycles. The van der Waals surface area contributed by atoms with Crippen LogP contribution < -0.4 is 0 Å². The lowest BCUT2D eigenvalue weighted by atomic mass is 10.1. The summed E-state index contributed by atoms with van der Waals surface area (Å²) in [7, 11) is 0. The van der Waals surface area contributed by atoms with Crippen molar-refractivity contribution in [2.45, 2.75) is 26.3 Å². The molecule has 1 fully saturated rings. The standard InChI is InChI=1S/C9H13NO/c1-3-4-9-5-8(2)10(6-9)7-11/h7-9H,5-6H2,1-2H3. The summed E-state index contributed by atoms with van der Waals surface area (Å²) in [5.74, 6) is 6.37. The SMILES string of the molecule is CC#CC1CC(C)N(C=O)C1. The molecular weight excluding hydrogens is 138 g/mol. The highest BCUT2D eigenvalue weighted by Crippen LogP contribution is 2.20. The van der Waals surface area contributed by atoms with Gasteiger partial charge >= 0.3 is 0 Å². The lowest BCUT2D eigenvalue weighted by Crippen LogP contribution is -2.24. The van der Waals surface area contributed by atoms with Crippen LogP contribution in [0.2, 0.25) is 0 Å². The van der Waals surface area contributed by atoms with E-state index >= 15 is 0 Å². The topological polar surface area (TPSA) is 20.3 Å². The summed E-state index contributed by atoms with van der Waals surface area (Å²) in [4.78, 5) is 12.3. The Morgan fingerprint density at radius 1 is 1.64 bits per heavy atom. The molecule has 2 nitrogen and oxygen atoms in total. The number of rotatable bonds is 1. The Kier molecular flexibility index (Phi) is 2.53. The number of nitrogens with zero attached hydrogens (tertiary/aromatic N) is 1. The Labute approximate surface area is 67.6 Å². The lowest BCUT2D eigenvalue weighted by molar-refractivity contribution is -0.118. The molecule has 0 aromatic rings. The summed E-state index contributed by atoms with van der Waals surface area (Å²) in [6, 6.07) is 0.373. The normalized spacial score (nSPS) is 29.5. The first kappa shape index (κ1) is 8.13. The van der Waals surface area contributed by atoms with E-state index < -0.39 is 0 Å². The zero-order valence-electron chi connectivity index (χ0n) is 7.00. The molecule has 11 heavy (non-hydrogen) atoms. The average molecular weight is 151 g/mol. The molecule has 0 saturated carbocycles. The Hall–Kier alpha value is -0.970. The van der Waals surface area contributed by atoms with Gasteiger partial charge in [0, 0.05) is 18.5 Å². The number of likely N-dealkylation sites (tertiary alicyclic amines) is 1. The van der Waals surface area contributed by atoms with Gasteiger partial charge in [0.05, 0.1) is 0 Å². The smallest absolute Gasteiger partial charge is 0.209 e. The van der Waals surface area contributed by atoms with Crippen LogP contribution in [-0.2, 0) is 4.79 Å². The van der Waals surface area contributed by atoms with Gasteiger partial charge in [0.1, 0.15) is 0 Å². The van der Waals surface area contributed by atoms with Crippen LogP contribution in [0.3, 0.4) is 0 Å². The minimum atomic E-state index is 0.373. The highest BCUT2D eigenvalue weighted by molar-refractivity contribution is 5.48. The van der Waals surface area contributed by atoms with Gasteiger partial charge in [-0.15, -0.1) is 5.92 Å². The van der Waals surface area contributed by atoms with Gasteiger partial charge in [0.2, 0.25) is 6.41 Å². The first-order valence-electron chi connectivity index (χ1n) is 3.91. The van der Waals surface area contributed by atoms with E-state index in [2.05, 4.69) is 18.8 Å². The first-order valence-corrected chi connectivity index (χ1v) is 3.91. The molecule has 1 aliphatic heterocycles. The number of amides is 1. The van der Waals surface area contributed by atoms with Crippen LogP contribution >= 0.6 is 0 Å². The van der Waals surface area contributed by atoms with Crippen molar-refractivity contribution in [3.05, 3.63) is 0 Å². The Balaban J connectivity index is 2.53. The maximum absolute atomic E-state index is 10.4. The van der Waals surface area contributed by atoms with Gasteiger partial charge in [-0.05, 0) is 20.3 Å². The van der Waals surface area contributed by atoms with Gasteiger partial charge in [-0.1, -0.05) is 5.92 Å². The molecule has 0 spiro atoms. The maximum Gasteiger partial charge on any atom is 0.209 e. The number of carbonyl (C=O) groups excluding carboxylic acids is 1. The van der Waals surface area contributed by atoms with Crippen molar-refractivity contribution in [2.75, 3.05) is 6.54 Å². The average Bonchev–Trinajstić information content (AvgIpc) is 2.32. The monoisotopic (exact) mass is 151 g/mol. The fraction of sp³-hybridized carbons (Fsp3) is 0.667. The van der Waals surface area contributed by atoms with Crippen molar-refractivity contribution in [2.24, 2.45) is 5.92 Å². The molecule has 1 rings (SSSR count). The van der Waals surface area contributed by atoms with Crippen molar-refractivity contribution in [3.63, 3.8) is 0 Å². The summed E-state index contributed by atoms with van der Waals surface area (Å²) in [5, 5.41) is 0. The third-order valence-corrected chi connectivity index (χ3v) is 2.11. The van der Waals surface area contributed by atoms with Gasteiger partial charge in [-0.3, -0.25) is 4.79 Å². The molecule has 0 N–H and O–H groups in total. The van der Waals surface area contributed by atoms with Gasteiger partial charge < -0.3 is 4.90 Å². The third-order valence-electron chi connectivity index (χ3n) is 2.11. The minimum absolute atomic E-state index is 0.373.